The molecule has 0 unspecified atom stereocenters. The summed E-state index contributed by atoms with van der Waals surface area (Å²) in [5.74, 6) is 0.0956. The Labute approximate surface area is 96.9 Å². The van der Waals surface area contributed by atoms with Crippen LogP contribution in [0.4, 0.5) is 0 Å². The highest BCUT2D eigenvalue weighted by atomic mass is 16.5. The van der Waals surface area contributed by atoms with Gasteiger partial charge in [-0.3, -0.25) is 0 Å². The number of ether oxygens (including phenoxy) is 1. The van der Waals surface area contributed by atoms with E-state index in [1.807, 2.05) is 18.2 Å². The fourth-order valence-electron chi connectivity index (χ4n) is 1.50. The van der Waals surface area contributed by atoms with Gasteiger partial charge in [-0.05, 0) is 24.0 Å². The minimum Gasteiger partial charge on any atom is -0.457 e. The molecule has 16 heavy (non-hydrogen) atoms. The topological polar surface area (TPSA) is 26.3 Å². The van der Waals surface area contributed by atoms with E-state index in [0.717, 1.165) is 5.56 Å². The molecule has 1 rings (SSSR count). The zero-order valence-corrected chi connectivity index (χ0v) is 10.1. The molecule has 1 aromatic carbocycles. The molecule has 0 spiro atoms. The van der Waals surface area contributed by atoms with E-state index in [-0.39, 0.29) is 5.97 Å². The second kappa shape index (κ2) is 5.50. The molecule has 0 N–H and O–H groups in total. The van der Waals surface area contributed by atoms with Crippen molar-refractivity contribution in [1.29, 1.82) is 0 Å². The van der Waals surface area contributed by atoms with Crippen molar-refractivity contribution in [1.82, 2.24) is 0 Å². The summed E-state index contributed by atoms with van der Waals surface area (Å²) in [4.78, 5) is 11.3. The van der Waals surface area contributed by atoms with E-state index in [4.69, 9.17) is 4.74 Å². The monoisotopic (exact) mass is 218 g/mol. The van der Waals surface area contributed by atoms with Crippen LogP contribution < -0.4 is 0 Å². The SMILES string of the molecule is C=C(C)C(=O)OCc1ccccc1C(C)C. The Morgan fingerprint density at radius 3 is 2.56 bits per heavy atom. The van der Waals surface area contributed by atoms with Crippen molar-refractivity contribution in [3.05, 3.63) is 47.5 Å². The smallest absolute Gasteiger partial charge is 0.333 e. The second-order valence-corrected chi connectivity index (χ2v) is 4.21. The molecule has 0 heterocycles. The van der Waals surface area contributed by atoms with E-state index in [0.29, 0.717) is 18.1 Å². The zero-order valence-electron chi connectivity index (χ0n) is 10.1. The Balaban J connectivity index is 2.74. The van der Waals surface area contributed by atoms with Gasteiger partial charge in [0.2, 0.25) is 0 Å². The van der Waals surface area contributed by atoms with E-state index < -0.39 is 0 Å². The molecule has 0 aliphatic carbocycles. The minimum atomic E-state index is -0.335. The van der Waals surface area contributed by atoms with E-state index in [1.54, 1.807) is 6.92 Å². The molecule has 1 aromatic rings. The van der Waals surface area contributed by atoms with Crippen molar-refractivity contribution in [2.45, 2.75) is 33.3 Å². The fraction of sp³-hybridized carbons (Fsp3) is 0.357. The van der Waals surface area contributed by atoms with Crippen molar-refractivity contribution < 1.29 is 9.53 Å². The first-order valence-corrected chi connectivity index (χ1v) is 5.42. The summed E-state index contributed by atoms with van der Waals surface area (Å²) in [6, 6.07) is 8.00. The normalized spacial score (nSPS) is 10.2. The zero-order chi connectivity index (χ0) is 12.1. The third kappa shape index (κ3) is 3.23. The third-order valence-electron chi connectivity index (χ3n) is 2.38. The highest BCUT2D eigenvalue weighted by Gasteiger charge is 2.08. The molecule has 0 saturated heterocycles. The predicted octanol–water partition coefficient (Wildman–Crippen LogP) is 3.43. The number of hydrogen-bond donors (Lipinski definition) is 0. The Hall–Kier alpha value is -1.57. The lowest BCUT2D eigenvalue weighted by atomic mass is 9.98. The number of carbonyl (C=O) groups is 1. The number of rotatable bonds is 4. The molecule has 0 bridgehead atoms. The Morgan fingerprint density at radius 1 is 1.38 bits per heavy atom. The number of hydrogen-bond acceptors (Lipinski definition) is 2. The molecule has 0 aliphatic rings. The summed E-state index contributed by atoms with van der Waals surface area (Å²) < 4.78 is 5.14. The molecule has 0 fully saturated rings. The van der Waals surface area contributed by atoms with Crippen molar-refractivity contribution >= 4 is 5.97 Å². The van der Waals surface area contributed by atoms with Gasteiger partial charge in [0, 0.05) is 5.57 Å². The number of esters is 1. The van der Waals surface area contributed by atoms with Gasteiger partial charge in [-0.25, -0.2) is 4.79 Å². The molecule has 2 nitrogen and oxygen atoms in total. The van der Waals surface area contributed by atoms with E-state index in [2.05, 4.69) is 26.5 Å². The Morgan fingerprint density at radius 2 is 2.00 bits per heavy atom. The van der Waals surface area contributed by atoms with Gasteiger partial charge in [-0.1, -0.05) is 44.7 Å². The minimum absolute atomic E-state index is 0.319. The summed E-state index contributed by atoms with van der Waals surface area (Å²) in [5, 5.41) is 0. The quantitative estimate of drug-likeness (QED) is 0.571. The van der Waals surface area contributed by atoms with Gasteiger partial charge in [0.1, 0.15) is 6.61 Å². The van der Waals surface area contributed by atoms with Gasteiger partial charge in [0.15, 0.2) is 0 Å². The maximum Gasteiger partial charge on any atom is 0.333 e. The summed E-state index contributed by atoms with van der Waals surface area (Å²) in [7, 11) is 0. The highest BCUT2D eigenvalue weighted by molar-refractivity contribution is 5.86. The fourth-order valence-corrected chi connectivity index (χ4v) is 1.50. The maximum absolute atomic E-state index is 11.3. The van der Waals surface area contributed by atoms with Gasteiger partial charge in [0.05, 0.1) is 0 Å². The first-order valence-electron chi connectivity index (χ1n) is 5.42. The molecular formula is C14H18O2. The summed E-state index contributed by atoms with van der Waals surface area (Å²) in [6.07, 6.45) is 0. The van der Waals surface area contributed by atoms with Crippen LogP contribution in [0, 0.1) is 0 Å². The van der Waals surface area contributed by atoms with Crippen LogP contribution in [0.5, 0.6) is 0 Å². The van der Waals surface area contributed by atoms with Gasteiger partial charge >= 0.3 is 5.97 Å². The Kier molecular flexibility index (Phi) is 4.29. The molecule has 0 radical (unpaired) electrons. The van der Waals surface area contributed by atoms with Crippen LogP contribution in [0.2, 0.25) is 0 Å². The van der Waals surface area contributed by atoms with Crippen molar-refractivity contribution in [3.63, 3.8) is 0 Å². The summed E-state index contributed by atoms with van der Waals surface area (Å²) >= 11 is 0. The average Bonchev–Trinajstić information content (AvgIpc) is 2.25. The van der Waals surface area contributed by atoms with Crippen molar-refractivity contribution in [3.8, 4) is 0 Å². The molecule has 0 aromatic heterocycles. The van der Waals surface area contributed by atoms with E-state index >= 15 is 0 Å². The lowest BCUT2D eigenvalue weighted by Crippen LogP contribution is -2.06. The first-order chi connectivity index (χ1) is 7.52. The largest absolute Gasteiger partial charge is 0.457 e. The molecule has 86 valence electrons. The van der Waals surface area contributed by atoms with Crippen LogP contribution in [0.25, 0.3) is 0 Å². The van der Waals surface area contributed by atoms with Crippen LogP contribution in [0.15, 0.2) is 36.4 Å². The molecule has 2 heteroatoms. The molecule has 0 amide bonds. The number of benzene rings is 1. The first kappa shape index (κ1) is 12.5. The van der Waals surface area contributed by atoms with Gasteiger partial charge < -0.3 is 4.74 Å². The molecular weight excluding hydrogens is 200 g/mol. The van der Waals surface area contributed by atoms with E-state index in [9.17, 15) is 4.79 Å². The van der Waals surface area contributed by atoms with Gasteiger partial charge in [0.25, 0.3) is 0 Å². The lowest BCUT2D eigenvalue weighted by Gasteiger charge is -2.12. The van der Waals surface area contributed by atoms with Crippen LogP contribution in [-0.4, -0.2) is 5.97 Å². The maximum atomic E-state index is 11.3. The van der Waals surface area contributed by atoms with Crippen LogP contribution in [0.3, 0.4) is 0 Å². The second-order valence-electron chi connectivity index (χ2n) is 4.21. The molecule has 0 atom stereocenters. The van der Waals surface area contributed by atoms with Crippen molar-refractivity contribution in [2.24, 2.45) is 0 Å². The summed E-state index contributed by atoms with van der Waals surface area (Å²) in [5.41, 5.74) is 2.71. The molecule has 0 aliphatic heterocycles. The van der Waals surface area contributed by atoms with Crippen LogP contribution >= 0.6 is 0 Å². The standard InChI is InChI=1S/C14H18O2/c1-10(2)13-8-6-5-7-12(13)9-16-14(15)11(3)4/h5-8,10H,3,9H2,1-2,4H3. The van der Waals surface area contributed by atoms with Crippen LogP contribution in [0.1, 0.15) is 37.8 Å². The van der Waals surface area contributed by atoms with E-state index in [1.165, 1.54) is 5.56 Å². The van der Waals surface area contributed by atoms with Crippen molar-refractivity contribution in [2.75, 3.05) is 0 Å². The predicted molar refractivity (Wildman–Crippen MR) is 65.1 cm³/mol. The van der Waals surface area contributed by atoms with Gasteiger partial charge in [-0.2, -0.15) is 0 Å². The average molecular weight is 218 g/mol. The highest BCUT2D eigenvalue weighted by Crippen LogP contribution is 2.19. The Bertz CT molecular complexity index is 391. The van der Waals surface area contributed by atoms with Crippen LogP contribution in [-0.2, 0) is 16.1 Å². The third-order valence-corrected chi connectivity index (χ3v) is 2.38. The number of carbonyl (C=O) groups excluding carboxylic acids is 1. The lowest BCUT2D eigenvalue weighted by molar-refractivity contribution is -0.140. The summed E-state index contributed by atoms with van der Waals surface area (Å²) in [6.45, 7) is 9.77. The van der Waals surface area contributed by atoms with Gasteiger partial charge in [-0.15, -0.1) is 0 Å². The molecule has 0 saturated carbocycles.